The lowest BCUT2D eigenvalue weighted by Crippen LogP contribution is -2.41. The number of hydrogen-bond acceptors (Lipinski definition) is 3. The van der Waals surface area contributed by atoms with E-state index in [2.05, 4.69) is 5.32 Å². The zero-order valence-electron chi connectivity index (χ0n) is 11.4. The number of aliphatic carboxylic acids is 2. The molecule has 0 aliphatic heterocycles. The van der Waals surface area contributed by atoms with Crippen LogP contribution in [0.25, 0.3) is 0 Å². The third kappa shape index (κ3) is 4.11. The summed E-state index contributed by atoms with van der Waals surface area (Å²) in [5.41, 5.74) is 0.349. The lowest BCUT2D eigenvalue weighted by molar-refractivity contribution is -0.140. The van der Waals surface area contributed by atoms with Crippen molar-refractivity contribution in [3.8, 4) is 0 Å². The molecule has 0 aliphatic rings. The van der Waals surface area contributed by atoms with Crippen LogP contribution in [0.1, 0.15) is 43.2 Å². The fourth-order valence-electron chi connectivity index (χ4n) is 1.79. The van der Waals surface area contributed by atoms with Crippen molar-refractivity contribution in [1.29, 1.82) is 0 Å². The van der Waals surface area contributed by atoms with Crippen molar-refractivity contribution in [1.82, 2.24) is 9.88 Å². The van der Waals surface area contributed by atoms with Crippen LogP contribution in [0.2, 0.25) is 0 Å². The van der Waals surface area contributed by atoms with E-state index in [-0.39, 0.29) is 18.9 Å². The summed E-state index contributed by atoms with van der Waals surface area (Å²) in [5, 5.41) is 19.9. The van der Waals surface area contributed by atoms with Gasteiger partial charge in [-0.2, -0.15) is 0 Å². The third-order valence-corrected chi connectivity index (χ3v) is 2.82. The SMILES string of the molecule is CC(C)n1cccc1C(=O)NC(CCC(=O)O)C(=O)O. The standard InChI is InChI=1S/C13H18N2O5/c1-8(2)15-7-3-4-10(15)12(18)14-9(13(19)20)5-6-11(16)17/h3-4,7-9H,5-6H2,1-2H3,(H,14,18)(H,16,17)(H,19,20). The van der Waals surface area contributed by atoms with Gasteiger partial charge in [0.25, 0.3) is 5.91 Å². The number of carbonyl (C=O) groups is 3. The minimum Gasteiger partial charge on any atom is -0.481 e. The molecule has 1 aromatic rings. The van der Waals surface area contributed by atoms with Gasteiger partial charge in [-0.3, -0.25) is 9.59 Å². The predicted octanol–water partition coefficient (Wildman–Crippen LogP) is 1.12. The molecule has 1 atom stereocenters. The van der Waals surface area contributed by atoms with Gasteiger partial charge in [0, 0.05) is 18.7 Å². The molecule has 0 fully saturated rings. The lowest BCUT2D eigenvalue weighted by atomic mass is 10.1. The van der Waals surface area contributed by atoms with E-state index < -0.39 is 23.9 Å². The topological polar surface area (TPSA) is 109 Å². The summed E-state index contributed by atoms with van der Waals surface area (Å²) < 4.78 is 1.71. The first-order valence-corrected chi connectivity index (χ1v) is 6.25. The van der Waals surface area contributed by atoms with E-state index in [0.29, 0.717) is 5.69 Å². The van der Waals surface area contributed by atoms with Gasteiger partial charge in [0.05, 0.1) is 0 Å². The van der Waals surface area contributed by atoms with Crippen molar-refractivity contribution in [3.05, 3.63) is 24.0 Å². The van der Waals surface area contributed by atoms with E-state index in [4.69, 9.17) is 10.2 Å². The Morgan fingerprint density at radius 3 is 2.45 bits per heavy atom. The molecule has 0 saturated heterocycles. The van der Waals surface area contributed by atoms with Crippen molar-refractivity contribution >= 4 is 17.8 Å². The maximum Gasteiger partial charge on any atom is 0.326 e. The van der Waals surface area contributed by atoms with Crippen molar-refractivity contribution in [2.24, 2.45) is 0 Å². The molecular formula is C13H18N2O5. The van der Waals surface area contributed by atoms with Gasteiger partial charge in [-0.1, -0.05) is 0 Å². The Balaban J connectivity index is 2.77. The van der Waals surface area contributed by atoms with Crippen LogP contribution in [0.5, 0.6) is 0 Å². The van der Waals surface area contributed by atoms with Crippen LogP contribution in [0.3, 0.4) is 0 Å². The molecule has 110 valence electrons. The highest BCUT2D eigenvalue weighted by molar-refractivity contribution is 5.95. The zero-order chi connectivity index (χ0) is 15.3. The smallest absolute Gasteiger partial charge is 0.326 e. The monoisotopic (exact) mass is 282 g/mol. The molecule has 7 nitrogen and oxygen atoms in total. The van der Waals surface area contributed by atoms with E-state index >= 15 is 0 Å². The number of nitrogens with one attached hydrogen (secondary N) is 1. The highest BCUT2D eigenvalue weighted by Gasteiger charge is 2.23. The quantitative estimate of drug-likeness (QED) is 0.694. The Kier molecular flexibility index (Phi) is 5.31. The van der Waals surface area contributed by atoms with Crippen molar-refractivity contribution in [2.75, 3.05) is 0 Å². The maximum absolute atomic E-state index is 12.0. The van der Waals surface area contributed by atoms with Gasteiger partial charge in [-0.05, 0) is 32.4 Å². The normalized spacial score (nSPS) is 12.2. The molecular weight excluding hydrogens is 264 g/mol. The number of rotatable bonds is 7. The number of nitrogens with zero attached hydrogens (tertiary/aromatic N) is 1. The van der Waals surface area contributed by atoms with Gasteiger partial charge < -0.3 is 20.1 Å². The third-order valence-electron chi connectivity index (χ3n) is 2.82. The van der Waals surface area contributed by atoms with Gasteiger partial charge >= 0.3 is 11.9 Å². The summed E-state index contributed by atoms with van der Waals surface area (Å²) in [6.07, 6.45) is 1.26. The maximum atomic E-state index is 12.0. The first-order chi connectivity index (χ1) is 9.32. The number of amides is 1. The number of hydrogen-bond donors (Lipinski definition) is 3. The average molecular weight is 282 g/mol. The molecule has 3 N–H and O–H groups in total. The molecule has 1 unspecified atom stereocenters. The number of aromatic nitrogens is 1. The van der Waals surface area contributed by atoms with Crippen LogP contribution < -0.4 is 5.32 Å². The van der Waals surface area contributed by atoms with Gasteiger partial charge in [-0.15, -0.1) is 0 Å². The summed E-state index contributed by atoms with van der Waals surface area (Å²) in [4.78, 5) is 33.5. The lowest BCUT2D eigenvalue weighted by Gasteiger charge is -2.16. The van der Waals surface area contributed by atoms with Crippen LogP contribution >= 0.6 is 0 Å². The highest BCUT2D eigenvalue weighted by atomic mass is 16.4. The molecule has 1 aromatic heterocycles. The Bertz CT molecular complexity index is 507. The van der Waals surface area contributed by atoms with Crippen LogP contribution in [0.15, 0.2) is 18.3 Å². The van der Waals surface area contributed by atoms with Gasteiger partial charge in [-0.25, -0.2) is 4.79 Å². The van der Waals surface area contributed by atoms with Crippen LogP contribution in [-0.4, -0.2) is 38.7 Å². The van der Waals surface area contributed by atoms with Crippen molar-refractivity contribution in [2.45, 2.75) is 38.8 Å². The van der Waals surface area contributed by atoms with E-state index in [1.165, 1.54) is 0 Å². The second kappa shape index (κ2) is 6.74. The molecule has 1 heterocycles. The second-order valence-corrected chi connectivity index (χ2v) is 4.69. The summed E-state index contributed by atoms with van der Waals surface area (Å²) in [6, 6.07) is 2.13. The molecule has 0 radical (unpaired) electrons. The Labute approximate surface area is 116 Å². The minimum absolute atomic E-state index is 0.0630. The zero-order valence-corrected chi connectivity index (χ0v) is 11.4. The Morgan fingerprint density at radius 2 is 1.95 bits per heavy atom. The largest absolute Gasteiger partial charge is 0.481 e. The molecule has 20 heavy (non-hydrogen) atoms. The molecule has 0 saturated carbocycles. The summed E-state index contributed by atoms with van der Waals surface area (Å²) >= 11 is 0. The average Bonchev–Trinajstić information content (AvgIpc) is 2.82. The van der Waals surface area contributed by atoms with E-state index in [9.17, 15) is 14.4 Å². The second-order valence-electron chi connectivity index (χ2n) is 4.69. The highest BCUT2D eigenvalue weighted by Crippen LogP contribution is 2.11. The first-order valence-electron chi connectivity index (χ1n) is 6.25. The molecule has 0 aromatic carbocycles. The molecule has 0 bridgehead atoms. The number of carbonyl (C=O) groups excluding carboxylic acids is 1. The van der Waals surface area contributed by atoms with E-state index in [1.807, 2.05) is 13.8 Å². The van der Waals surface area contributed by atoms with E-state index in [1.54, 1.807) is 22.9 Å². The summed E-state index contributed by atoms with van der Waals surface area (Å²) in [5.74, 6) is -2.88. The Morgan fingerprint density at radius 1 is 1.30 bits per heavy atom. The first kappa shape index (κ1) is 15.7. The molecule has 0 spiro atoms. The van der Waals surface area contributed by atoms with Crippen LogP contribution in [0.4, 0.5) is 0 Å². The minimum atomic E-state index is -1.25. The van der Waals surface area contributed by atoms with Crippen molar-refractivity contribution < 1.29 is 24.6 Å². The molecule has 0 aliphatic carbocycles. The molecule has 7 heteroatoms. The summed E-state index contributed by atoms with van der Waals surface area (Å²) in [7, 11) is 0. The number of carboxylic acids is 2. The van der Waals surface area contributed by atoms with Gasteiger partial charge in [0.1, 0.15) is 11.7 Å². The number of carboxylic acid groups (broad SMARTS) is 2. The summed E-state index contributed by atoms with van der Waals surface area (Å²) in [6.45, 7) is 3.80. The fourth-order valence-corrected chi connectivity index (χ4v) is 1.79. The predicted molar refractivity (Wildman–Crippen MR) is 70.6 cm³/mol. The van der Waals surface area contributed by atoms with Crippen molar-refractivity contribution in [3.63, 3.8) is 0 Å². The van der Waals surface area contributed by atoms with Crippen LogP contribution in [0, 0.1) is 0 Å². The van der Waals surface area contributed by atoms with Gasteiger partial charge in [0.2, 0.25) is 0 Å². The molecule has 1 rings (SSSR count). The fraction of sp³-hybridized carbons (Fsp3) is 0.462. The Hall–Kier alpha value is -2.31. The van der Waals surface area contributed by atoms with E-state index in [0.717, 1.165) is 0 Å². The van der Waals surface area contributed by atoms with Gasteiger partial charge in [0.15, 0.2) is 0 Å². The van der Waals surface area contributed by atoms with Crippen LogP contribution in [-0.2, 0) is 9.59 Å². The molecule has 1 amide bonds.